The predicted molar refractivity (Wildman–Crippen MR) is 71.4 cm³/mol. The van der Waals surface area contributed by atoms with Gasteiger partial charge in [-0.1, -0.05) is 6.07 Å². The lowest BCUT2D eigenvalue weighted by Crippen LogP contribution is -2.27. The lowest BCUT2D eigenvalue weighted by Gasteiger charge is -2.04. The van der Waals surface area contributed by atoms with Crippen LogP contribution < -0.4 is 4.73 Å². The van der Waals surface area contributed by atoms with Crippen molar-refractivity contribution in [3.63, 3.8) is 0 Å². The topological polar surface area (TPSA) is 26.9 Å². The molecule has 0 fully saturated rings. The van der Waals surface area contributed by atoms with E-state index >= 15 is 0 Å². The molecule has 2 heterocycles. The summed E-state index contributed by atoms with van der Waals surface area (Å²) in [4.78, 5) is 1.12. The zero-order valence-corrected chi connectivity index (χ0v) is 10.5. The molecule has 0 saturated heterocycles. The van der Waals surface area contributed by atoms with Gasteiger partial charge in [0, 0.05) is 27.1 Å². The molecule has 0 saturated carbocycles. The molecule has 3 aromatic rings. The van der Waals surface area contributed by atoms with Gasteiger partial charge in [-0.15, -0.1) is 11.3 Å². The molecule has 2 aromatic heterocycles. The van der Waals surface area contributed by atoms with E-state index in [1.54, 1.807) is 17.4 Å². The van der Waals surface area contributed by atoms with E-state index < -0.39 is 0 Å². The molecule has 17 heavy (non-hydrogen) atoms. The van der Waals surface area contributed by atoms with Crippen molar-refractivity contribution in [3.8, 4) is 0 Å². The van der Waals surface area contributed by atoms with Gasteiger partial charge >= 0.3 is 0 Å². The van der Waals surface area contributed by atoms with Crippen LogP contribution in [-0.4, -0.2) is 0 Å². The summed E-state index contributed by atoms with van der Waals surface area (Å²) < 4.78 is 2.15. The molecule has 0 unspecified atom stereocenters. The highest BCUT2D eigenvalue weighted by Crippen LogP contribution is 2.33. The maximum absolute atomic E-state index is 11.6. The van der Waals surface area contributed by atoms with Gasteiger partial charge in [0.1, 0.15) is 0 Å². The van der Waals surface area contributed by atoms with E-state index in [2.05, 4.69) is 17.5 Å². The van der Waals surface area contributed by atoms with Crippen LogP contribution in [0.2, 0.25) is 0 Å². The first-order chi connectivity index (χ1) is 8.34. The van der Waals surface area contributed by atoms with Gasteiger partial charge in [0.15, 0.2) is 6.20 Å². The fourth-order valence-corrected chi connectivity index (χ4v) is 3.49. The Morgan fingerprint density at radius 2 is 2.00 bits per heavy atom. The van der Waals surface area contributed by atoms with Crippen molar-refractivity contribution in [2.75, 3.05) is 0 Å². The Morgan fingerprint density at radius 3 is 2.88 bits per heavy atom. The molecule has 0 radical (unpaired) electrons. The molecule has 3 rings (SSSR count). The molecular formula is C13H9NOS2. The Balaban J connectivity index is 2.06. The van der Waals surface area contributed by atoms with Crippen molar-refractivity contribution < 1.29 is 4.73 Å². The summed E-state index contributed by atoms with van der Waals surface area (Å²) in [6.07, 6.45) is 1.52. The highest BCUT2D eigenvalue weighted by atomic mass is 32.2. The first-order valence-electron chi connectivity index (χ1n) is 5.17. The Bertz CT molecular complexity index is 663. The predicted octanol–water partition coefficient (Wildman–Crippen LogP) is 3.69. The lowest BCUT2D eigenvalue weighted by molar-refractivity contribution is -0.645. The Hall–Kier alpha value is -1.52. The van der Waals surface area contributed by atoms with Crippen LogP contribution in [0.3, 0.4) is 0 Å². The minimum absolute atomic E-state index is 0.700. The van der Waals surface area contributed by atoms with Crippen LogP contribution in [0.25, 0.3) is 10.1 Å². The van der Waals surface area contributed by atoms with Crippen molar-refractivity contribution in [2.24, 2.45) is 0 Å². The lowest BCUT2D eigenvalue weighted by atomic mass is 10.3. The van der Waals surface area contributed by atoms with Crippen molar-refractivity contribution in [1.82, 2.24) is 0 Å². The average molecular weight is 259 g/mol. The Kier molecular flexibility index (Phi) is 2.74. The minimum atomic E-state index is 0.700. The third kappa shape index (κ3) is 2.01. The van der Waals surface area contributed by atoms with Gasteiger partial charge in [0.25, 0.3) is 5.03 Å². The zero-order valence-electron chi connectivity index (χ0n) is 8.87. The molecule has 84 valence electrons. The van der Waals surface area contributed by atoms with Gasteiger partial charge in [0.2, 0.25) is 0 Å². The fraction of sp³-hybridized carbons (Fsp3) is 0. The standard InChI is InChI=1S/C13H9NOS2/c15-14-8-2-1-6-13(14)17-12-5-3-4-11-10(12)7-9-16-11/h1-9H. The summed E-state index contributed by atoms with van der Waals surface area (Å²) in [6, 6.07) is 13.7. The van der Waals surface area contributed by atoms with Gasteiger partial charge in [-0.2, -0.15) is 4.73 Å². The summed E-state index contributed by atoms with van der Waals surface area (Å²) in [5.41, 5.74) is 0. The van der Waals surface area contributed by atoms with Gasteiger partial charge in [-0.05, 0) is 41.4 Å². The zero-order chi connectivity index (χ0) is 11.7. The largest absolute Gasteiger partial charge is 0.618 e. The van der Waals surface area contributed by atoms with E-state index in [4.69, 9.17) is 0 Å². The van der Waals surface area contributed by atoms with Crippen molar-refractivity contribution in [3.05, 3.63) is 59.2 Å². The van der Waals surface area contributed by atoms with Crippen LogP contribution in [0.4, 0.5) is 0 Å². The number of aromatic nitrogens is 1. The number of rotatable bonds is 2. The molecule has 2 nitrogen and oxygen atoms in total. The number of hydrogen-bond acceptors (Lipinski definition) is 3. The van der Waals surface area contributed by atoms with E-state index in [9.17, 15) is 5.21 Å². The van der Waals surface area contributed by atoms with Crippen molar-refractivity contribution >= 4 is 33.2 Å². The molecule has 0 aliphatic carbocycles. The summed E-state index contributed by atoms with van der Waals surface area (Å²) in [6.45, 7) is 0. The normalized spacial score (nSPS) is 10.8. The van der Waals surface area contributed by atoms with Gasteiger partial charge in [-0.3, -0.25) is 0 Å². The summed E-state index contributed by atoms with van der Waals surface area (Å²) in [5, 5.41) is 15.6. The van der Waals surface area contributed by atoms with Crippen LogP contribution in [0.1, 0.15) is 0 Å². The third-order valence-electron chi connectivity index (χ3n) is 2.46. The summed E-state index contributed by atoms with van der Waals surface area (Å²) in [7, 11) is 0. The van der Waals surface area contributed by atoms with Crippen LogP contribution in [0, 0.1) is 5.21 Å². The van der Waals surface area contributed by atoms with E-state index in [0.717, 1.165) is 9.63 Å². The van der Waals surface area contributed by atoms with Gasteiger partial charge in [-0.25, -0.2) is 0 Å². The molecule has 4 heteroatoms. The summed E-state index contributed by atoms with van der Waals surface area (Å²) in [5.74, 6) is 0. The second-order valence-electron chi connectivity index (χ2n) is 3.56. The molecule has 0 spiro atoms. The van der Waals surface area contributed by atoms with Crippen molar-refractivity contribution in [1.29, 1.82) is 0 Å². The van der Waals surface area contributed by atoms with Crippen LogP contribution in [0.15, 0.2) is 64.0 Å². The molecule has 0 aliphatic rings. The first-order valence-corrected chi connectivity index (χ1v) is 6.86. The molecule has 0 N–H and O–H groups in total. The minimum Gasteiger partial charge on any atom is -0.618 e. The highest BCUT2D eigenvalue weighted by molar-refractivity contribution is 7.99. The first kappa shape index (κ1) is 10.6. The SMILES string of the molecule is [O-][n+]1ccccc1Sc1cccc2sccc12. The number of fused-ring (bicyclic) bond motifs is 1. The molecular weight excluding hydrogens is 250 g/mol. The molecule has 1 aromatic carbocycles. The molecule has 0 bridgehead atoms. The van der Waals surface area contributed by atoms with E-state index in [1.807, 2.05) is 24.3 Å². The molecule has 0 amide bonds. The highest BCUT2D eigenvalue weighted by Gasteiger charge is 2.09. The van der Waals surface area contributed by atoms with Crippen LogP contribution >= 0.6 is 23.1 Å². The van der Waals surface area contributed by atoms with Gasteiger partial charge < -0.3 is 5.21 Å². The maximum Gasteiger partial charge on any atom is 0.256 e. The maximum atomic E-state index is 11.6. The fourth-order valence-electron chi connectivity index (χ4n) is 1.66. The Morgan fingerprint density at radius 1 is 1.06 bits per heavy atom. The number of hydrogen-bond donors (Lipinski definition) is 0. The quantitative estimate of drug-likeness (QED) is 0.518. The monoisotopic (exact) mass is 259 g/mol. The number of pyridine rings is 1. The van der Waals surface area contributed by atoms with Gasteiger partial charge in [0.05, 0.1) is 0 Å². The summed E-state index contributed by atoms with van der Waals surface area (Å²) >= 11 is 3.22. The third-order valence-corrected chi connectivity index (χ3v) is 4.44. The average Bonchev–Trinajstić information content (AvgIpc) is 2.81. The number of thiophene rings is 1. The number of nitrogens with zero attached hydrogens (tertiary/aromatic N) is 1. The van der Waals surface area contributed by atoms with Crippen LogP contribution in [0.5, 0.6) is 0 Å². The second-order valence-corrected chi connectivity index (χ2v) is 5.57. The van der Waals surface area contributed by atoms with E-state index in [0.29, 0.717) is 5.03 Å². The molecule has 0 aliphatic heterocycles. The smallest absolute Gasteiger partial charge is 0.256 e. The van der Waals surface area contributed by atoms with E-state index in [1.165, 1.54) is 28.0 Å². The van der Waals surface area contributed by atoms with Crippen LogP contribution in [-0.2, 0) is 0 Å². The van der Waals surface area contributed by atoms with E-state index in [-0.39, 0.29) is 0 Å². The molecule has 0 atom stereocenters. The van der Waals surface area contributed by atoms with Crippen molar-refractivity contribution in [2.45, 2.75) is 9.92 Å². The second kappa shape index (κ2) is 4.39. The number of benzene rings is 1. The Labute approximate surface area is 107 Å².